The summed E-state index contributed by atoms with van der Waals surface area (Å²) in [5.41, 5.74) is 1.85. The van der Waals surface area contributed by atoms with E-state index in [1.807, 2.05) is 48.5 Å². The fraction of sp³-hybridized carbons (Fsp3) is 0.250. The average molecular weight is 322 g/mol. The second kappa shape index (κ2) is 6.40. The first-order chi connectivity index (χ1) is 11.8. The van der Waals surface area contributed by atoms with Crippen molar-refractivity contribution in [3.8, 4) is 17.2 Å². The molecule has 1 fully saturated rings. The largest absolute Gasteiger partial charge is 0.490 e. The van der Waals surface area contributed by atoms with Gasteiger partial charge < -0.3 is 14.2 Å². The Kier molecular flexibility index (Phi) is 3.95. The highest BCUT2D eigenvalue weighted by molar-refractivity contribution is 5.95. The van der Waals surface area contributed by atoms with Crippen LogP contribution < -0.4 is 14.2 Å². The molecule has 1 aliphatic carbocycles. The Morgan fingerprint density at radius 3 is 2.83 bits per heavy atom. The predicted molar refractivity (Wildman–Crippen MR) is 90.4 cm³/mol. The minimum absolute atomic E-state index is 0.0371. The number of para-hydroxylation sites is 1. The summed E-state index contributed by atoms with van der Waals surface area (Å²) >= 11 is 0. The van der Waals surface area contributed by atoms with Crippen LogP contribution in [0.2, 0.25) is 0 Å². The van der Waals surface area contributed by atoms with E-state index in [-0.39, 0.29) is 12.6 Å². The Bertz CT molecular complexity index is 790. The highest BCUT2D eigenvalue weighted by Gasteiger charge is 2.24. The van der Waals surface area contributed by atoms with Gasteiger partial charge in [0, 0.05) is 12.0 Å². The molecule has 1 aliphatic heterocycles. The van der Waals surface area contributed by atoms with Crippen molar-refractivity contribution in [1.82, 2.24) is 0 Å². The molecule has 1 heterocycles. The van der Waals surface area contributed by atoms with E-state index in [4.69, 9.17) is 14.2 Å². The fourth-order valence-corrected chi connectivity index (χ4v) is 2.58. The number of benzene rings is 2. The SMILES string of the molecule is O=C(/C=C/c1ccccc1OC1CC1)Cc1ccc2c(c1)OCO2. The molecule has 0 spiro atoms. The van der Waals surface area contributed by atoms with Gasteiger partial charge >= 0.3 is 0 Å². The molecule has 2 aromatic rings. The van der Waals surface area contributed by atoms with Crippen LogP contribution in [0.5, 0.6) is 17.2 Å². The lowest BCUT2D eigenvalue weighted by Gasteiger charge is -2.07. The Balaban J connectivity index is 1.43. The van der Waals surface area contributed by atoms with Crippen LogP contribution in [0, 0.1) is 0 Å². The molecule has 2 aliphatic rings. The number of hydrogen-bond acceptors (Lipinski definition) is 4. The van der Waals surface area contributed by atoms with E-state index < -0.39 is 0 Å². The quantitative estimate of drug-likeness (QED) is 0.759. The van der Waals surface area contributed by atoms with Crippen LogP contribution in [-0.4, -0.2) is 18.7 Å². The summed E-state index contributed by atoms with van der Waals surface area (Å²) in [4.78, 5) is 12.2. The van der Waals surface area contributed by atoms with Gasteiger partial charge in [0.15, 0.2) is 17.3 Å². The maximum atomic E-state index is 12.2. The summed E-state index contributed by atoms with van der Waals surface area (Å²) in [6.45, 7) is 0.240. The van der Waals surface area contributed by atoms with Gasteiger partial charge in [-0.05, 0) is 48.8 Å². The molecule has 4 heteroatoms. The lowest BCUT2D eigenvalue weighted by Crippen LogP contribution is -1.99. The van der Waals surface area contributed by atoms with Gasteiger partial charge in [-0.2, -0.15) is 0 Å². The summed E-state index contributed by atoms with van der Waals surface area (Å²) < 4.78 is 16.5. The van der Waals surface area contributed by atoms with Crippen molar-refractivity contribution in [1.29, 1.82) is 0 Å². The molecule has 0 radical (unpaired) electrons. The van der Waals surface area contributed by atoms with E-state index in [2.05, 4.69) is 0 Å². The van der Waals surface area contributed by atoms with Gasteiger partial charge in [-0.1, -0.05) is 24.3 Å². The van der Waals surface area contributed by atoms with Crippen LogP contribution in [0.15, 0.2) is 48.5 Å². The minimum Gasteiger partial charge on any atom is -0.490 e. The molecule has 4 rings (SSSR count). The zero-order chi connectivity index (χ0) is 16.4. The molecule has 1 saturated carbocycles. The number of carbonyl (C=O) groups is 1. The third-order valence-corrected chi connectivity index (χ3v) is 4.00. The highest BCUT2D eigenvalue weighted by Crippen LogP contribution is 2.33. The number of carbonyl (C=O) groups excluding carboxylic acids is 1. The van der Waals surface area contributed by atoms with Gasteiger partial charge in [-0.3, -0.25) is 4.79 Å². The Morgan fingerprint density at radius 2 is 1.96 bits per heavy atom. The maximum Gasteiger partial charge on any atom is 0.231 e. The monoisotopic (exact) mass is 322 g/mol. The molecule has 2 aromatic carbocycles. The smallest absolute Gasteiger partial charge is 0.231 e. The molecular weight excluding hydrogens is 304 g/mol. The van der Waals surface area contributed by atoms with Crippen LogP contribution >= 0.6 is 0 Å². The highest BCUT2D eigenvalue weighted by atomic mass is 16.7. The zero-order valence-corrected chi connectivity index (χ0v) is 13.2. The summed E-state index contributed by atoms with van der Waals surface area (Å²) in [5, 5.41) is 0. The number of ether oxygens (including phenoxy) is 3. The van der Waals surface area contributed by atoms with Crippen molar-refractivity contribution in [3.63, 3.8) is 0 Å². The number of fused-ring (bicyclic) bond motifs is 1. The first-order valence-corrected chi connectivity index (χ1v) is 8.13. The Hall–Kier alpha value is -2.75. The molecular formula is C20H18O4. The van der Waals surface area contributed by atoms with Crippen LogP contribution in [0.3, 0.4) is 0 Å². The summed E-state index contributed by atoms with van der Waals surface area (Å²) in [6.07, 6.45) is 6.33. The van der Waals surface area contributed by atoms with E-state index in [9.17, 15) is 4.79 Å². The van der Waals surface area contributed by atoms with Crippen LogP contribution in [-0.2, 0) is 11.2 Å². The molecule has 4 nitrogen and oxygen atoms in total. The second-order valence-electron chi connectivity index (χ2n) is 6.02. The molecule has 0 amide bonds. The first kappa shape index (κ1) is 14.8. The minimum atomic E-state index is 0.0371. The summed E-state index contributed by atoms with van der Waals surface area (Å²) in [5.74, 6) is 2.31. The van der Waals surface area contributed by atoms with E-state index in [1.54, 1.807) is 6.08 Å². The van der Waals surface area contributed by atoms with Gasteiger partial charge in [0.1, 0.15) is 5.75 Å². The topological polar surface area (TPSA) is 44.8 Å². The van der Waals surface area contributed by atoms with Crippen molar-refractivity contribution < 1.29 is 19.0 Å². The number of rotatable bonds is 6. The van der Waals surface area contributed by atoms with Crippen LogP contribution in [0.4, 0.5) is 0 Å². The normalized spacial score (nSPS) is 15.7. The molecule has 0 bridgehead atoms. The van der Waals surface area contributed by atoms with Gasteiger partial charge in [0.05, 0.1) is 6.10 Å². The van der Waals surface area contributed by atoms with Gasteiger partial charge in [-0.25, -0.2) is 0 Å². The van der Waals surface area contributed by atoms with Gasteiger partial charge in [0.25, 0.3) is 0 Å². The lowest BCUT2D eigenvalue weighted by atomic mass is 10.1. The molecule has 0 saturated heterocycles. The van der Waals surface area contributed by atoms with Crippen LogP contribution in [0.1, 0.15) is 24.0 Å². The van der Waals surface area contributed by atoms with Gasteiger partial charge in [-0.15, -0.1) is 0 Å². The Labute approximate surface area is 140 Å². The second-order valence-corrected chi connectivity index (χ2v) is 6.02. The van der Waals surface area contributed by atoms with Crippen molar-refractivity contribution in [2.75, 3.05) is 6.79 Å². The van der Waals surface area contributed by atoms with Crippen molar-refractivity contribution in [3.05, 3.63) is 59.7 Å². The third kappa shape index (κ3) is 3.43. The lowest BCUT2D eigenvalue weighted by molar-refractivity contribution is -0.113. The van der Waals surface area contributed by atoms with Crippen molar-refractivity contribution in [2.24, 2.45) is 0 Å². The molecule has 24 heavy (non-hydrogen) atoms. The number of hydrogen-bond donors (Lipinski definition) is 0. The summed E-state index contributed by atoms with van der Waals surface area (Å²) in [6, 6.07) is 13.4. The number of ketones is 1. The average Bonchev–Trinajstić information content (AvgIpc) is 3.28. The predicted octanol–water partition coefficient (Wildman–Crippen LogP) is 3.78. The molecule has 0 atom stereocenters. The fourth-order valence-electron chi connectivity index (χ4n) is 2.58. The third-order valence-electron chi connectivity index (χ3n) is 4.00. The van der Waals surface area contributed by atoms with E-state index >= 15 is 0 Å². The standard InChI is InChI=1S/C20H18O4/c21-16(11-14-5-10-19-20(12-14)23-13-22-19)7-6-15-3-1-2-4-18(15)24-17-8-9-17/h1-7,10,12,17H,8-9,11,13H2/b7-6+. The van der Waals surface area contributed by atoms with Crippen molar-refractivity contribution >= 4 is 11.9 Å². The first-order valence-electron chi connectivity index (χ1n) is 8.13. The van der Waals surface area contributed by atoms with Crippen molar-refractivity contribution in [2.45, 2.75) is 25.4 Å². The molecule has 0 aromatic heterocycles. The van der Waals surface area contributed by atoms with Gasteiger partial charge in [0.2, 0.25) is 6.79 Å². The number of allylic oxidation sites excluding steroid dienone is 1. The van der Waals surface area contributed by atoms with E-state index in [1.165, 1.54) is 0 Å². The van der Waals surface area contributed by atoms with E-state index in [0.717, 1.165) is 35.5 Å². The Morgan fingerprint density at radius 1 is 1.12 bits per heavy atom. The molecule has 0 unspecified atom stereocenters. The van der Waals surface area contributed by atoms with Crippen LogP contribution in [0.25, 0.3) is 6.08 Å². The van der Waals surface area contributed by atoms with E-state index in [0.29, 0.717) is 18.3 Å². The summed E-state index contributed by atoms with van der Waals surface area (Å²) in [7, 11) is 0. The molecule has 122 valence electrons. The molecule has 0 N–H and O–H groups in total. The zero-order valence-electron chi connectivity index (χ0n) is 13.2. The maximum absolute atomic E-state index is 12.2.